The van der Waals surface area contributed by atoms with Crippen molar-refractivity contribution in [2.45, 2.75) is 49.1 Å². The Morgan fingerprint density at radius 3 is 1.69 bits per heavy atom. The quantitative estimate of drug-likeness (QED) is 0.0554. The Bertz CT molecular complexity index is 2900. The first-order chi connectivity index (χ1) is 32.0. The SMILES string of the molecule is O=C(O)CC1C(=O)O[C@H]2[C@H]3OC(=O)c4cc(O)c(O)c(O)c4-c4c(cc(O)c(O)c4O)C(=O)OC[C@H]2O[C@@H](OC(=O)c2cc(O)c(O)c(O)c2)[C@@H]3OC(=O)c2cc(O)c(O)c3c2[C@H]1[C@H](O)C(=O)O3. The zero-order chi connectivity index (χ0) is 49.5. The van der Waals surface area contributed by atoms with E-state index in [4.69, 9.17) is 33.2 Å². The molecule has 8 atom stereocenters. The number of carboxylic acids is 1. The fourth-order valence-electron chi connectivity index (χ4n) is 8.04. The second kappa shape index (κ2) is 16.4. The van der Waals surface area contributed by atoms with Crippen LogP contribution in [0.2, 0.25) is 0 Å². The Kier molecular flexibility index (Phi) is 11.0. The number of carbonyl (C=O) groups is 7. The number of rotatable bonds is 4. The number of aliphatic hydroxyl groups excluding tert-OH is 1. The number of esters is 6. The molecule has 4 aliphatic rings. The highest BCUT2D eigenvalue weighted by Crippen LogP contribution is 2.54. The summed E-state index contributed by atoms with van der Waals surface area (Å²) in [5.41, 5.74) is -7.08. The van der Waals surface area contributed by atoms with E-state index in [2.05, 4.69) is 0 Å². The molecule has 1 saturated heterocycles. The van der Waals surface area contributed by atoms with Gasteiger partial charge in [-0.3, -0.25) is 9.59 Å². The van der Waals surface area contributed by atoms with Crippen LogP contribution in [-0.2, 0) is 42.8 Å². The van der Waals surface area contributed by atoms with Crippen LogP contribution in [0.4, 0.5) is 0 Å². The second-order valence-electron chi connectivity index (χ2n) is 15.2. The summed E-state index contributed by atoms with van der Waals surface area (Å²) in [5, 5.41) is 137. The number of benzene rings is 4. The maximum Gasteiger partial charge on any atom is 0.341 e. The van der Waals surface area contributed by atoms with Gasteiger partial charge >= 0.3 is 41.8 Å². The van der Waals surface area contributed by atoms with Crippen LogP contribution in [0, 0.1) is 5.92 Å². The van der Waals surface area contributed by atoms with E-state index in [0.29, 0.717) is 30.3 Å². The predicted octanol–water partition coefficient (Wildman–Crippen LogP) is -0.00170. The fourth-order valence-corrected chi connectivity index (χ4v) is 8.04. The lowest BCUT2D eigenvalue weighted by Gasteiger charge is -2.44. The predicted molar refractivity (Wildman–Crippen MR) is 206 cm³/mol. The highest BCUT2D eigenvalue weighted by Gasteiger charge is 2.58. The van der Waals surface area contributed by atoms with Crippen LogP contribution < -0.4 is 4.74 Å². The van der Waals surface area contributed by atoms with Crippen molar-refractivity contribution < 1.29 is 133 Å². The molecular weight excluding hydrogens is 924 g/mol. The first kappa shape index (κ1) is 45.5. The zero-order valence-corrected chi connectivity index (χ0v) is 33.4. The van der Waals surface area contributed by atoms with Crippen LogP contribution in [0.5, 0.6) is 69.0 Å². The van der Waals surface area contributed by atoms with E-state index in [0.717, 1.165) is 0 Å². The first-order valence-corrected chi connectivity index (χ1v) is 19.2. The van der Waals surface area contributed by atoms with Gasteiger partial charge < -0.3 is 99.5 Å². The first-order valence-electron chi connectivity index (χ1n) is 19.2. The standard InChI is InChI=1S/C41H30O27/c42-13-1-8(2-14(43)24(13)49)35(56)68-41-34-33-31(64-39(60)12(6-19(47)48)22-23-11(38(59)67-34)5-17(46)27(52)32(23)65-40(61)30(22)55)18(63-41)7-62-36(57)9-3-15(44)25(50)28(53)20(9)21-10(37(58)66-33)4-16(45)26(51)29(21)54/h1-5,12,18,22,30-31,33-34,41-46,49-55H,6-7H2,(H,47,48)/t12?,18-,22+,30+,31-,33-,34-,41+/m1/s1. The Morgan fingerprint density at radius 2 is 1.10 bits per heavy atom. The fraction of sp³-hybridized carbons (Fsp3) is 0.244. The molecule has 27 nitrogen and oxygen atoms in total. The molecule has 4 aromatic rings. The summed E-state index contributed by atoms with van der Waals surface area (Å²) in [6, 6.07) is 2.36. The van der Waals surface area contributed by atoms with E-state index < -0.39 is 211 Å². The van der Waals surface area contributed by atoms with Crippen LogP contribution >= 0.6 is 0 Å². The van der Waals surface area contributed by atoms with E-state index in [1.54, 1.807) is 0 Å². The summed E-state index contributed by atoms with van der Waals surface area (Å²) < 4.78 is 38.8. The minimum atomic E-state index is -2.58. The minimum Gasteiger partial charge on any atom is -0.504 e. The van der Waals surface area contributed by atoms with Crippen molar-refractivity contribution in [3.63, 3.8) is 0 Å². The molecule has 1 unspecified atom stereocenters. The highest BCUT2D eigenvalue weighted by molar-refractivity contribution is 6.08. The van der Waals surface area contributed by atoms with Gasteiger partial charge in [0, 0.05) is 22.6 Å². The highest BCUT2D eigenvalue weighted by atomic mass is 16.7. The lowest BCUT2D eigenvalue weighted by atomic mass is 9.76. The van der Waals surface area contributed by atoms with Crippen LogP contribution in [0.25, 0.3) is 11.1 Å². The summed E-state index contributed by atoms with van der Waals surface area (Å²) in [4.78, 5) is 96.8. The molecule has 4 aromatic carbocycles. The molecule has 0 saturated carbocycles. The lowest BCUT2D eigenvalue weighted by molar-refractivity contribution is -0.287. The van der Waals surface area contributed by atoms with Crippen molar-refractivity contribution in [3.8, 4) is 80.1 Å². The third kappa shape index (κ3) is 7.31. The van der Waals surface area contributed by atoms with Crippen LogP contribution in [-0.4, -0.2) is 152 Å². The molecule has 68 heavy (non-hydrogen) atoms. The monoisotopic (exact) mass is 954 g/mol. The van der Waals surface area contributed by atoms with Gasteiger partial charge in [-0.2, -0.15) is 0 Å². The topological polar surface area (TPSA) is 447 Å². The number of phenols is 11. The van der Waals surface area contributed by atoms with Crippen molar-refractivity contribution >= 4 is 41.8 Å². The van der Waals surface area contributed by atoms with Crippen molar-refractivity contribution in [1.29, 1.82) is 0 Å². The number of aliphatic carboxylic acids is 1. The van der Waals surface area contributed by atoms with Crippen LogP contribution in [0.1, 0.15) is 59.3 Å². The molecule has 1 fully saturated rings. The number of hydrogen-bond donors (Lipinski definition) is 13. The van der Waals surface area contributed by atoms with Crippen molar-refractivity contribution in [1.82, 2.24) is 0 Å². The van der Waals surface area contributed by atoms with Gasteiger partial charge in [0.05, 0.1) is 34.6 Å². The minimum absolute atomic E-state index is 0.361. The summed E-state index contributed by atoms with van der Waals surface area (Å²) in [7, 11) is 0. The molecule has 0 spiro atoms. The molecule has 4 aliphatic heterocycles. The van der Waals surface area contributed by atoms with Gasteiger partial charge in [0.15, 0.2) is 70.1 Å². The number of ether oxygens (including phenoxy) is 7. The van der Waals surface area contributed by atoms with Crippen LogP contribution in [0.15, 0.2) is 30.3 Å². The van der Waals surface area contributed by atoms with Gasteiger partial charge in [0.25, 0.3) is 0 Å². The molecule has 8 rings (SSSR count). The van der Waals surface area contributed by atoms with Gasteiger partial charge in [-0.15, -0.1) is 0 Å². The number of aliphatic hydroxyl groups is 1. The smallest absolute Gasteiger partial charge is 0.341 e. The summed E-state index contributed by atoms with van der Waals surface area (Å²) in [6.45, 7) is -1.31. The average molecular weight is 955 g/mol. The maximum absolute atomic E-state index is 14.6. The van der Waals surface area contributed by atoms with Gasteiger partial charge in [0.1, 0.15) is 12.7 Å². The Hall–Kier alpha value is -9.11. The van der Waals surface area contributed by atoms with E-state index >= 15 is 0 Å². The lowest BCUT2D eigenvalue weighted by Crippen LogP contribution is -2.63. The van der Waals surface area contributed by atoms with Gasteiger partial charge in [-0.25, -0.2) is 24.0 Å². The van der Waals surface area contributed by atoms with Crippen molar-refractivity contribution in [2.75, 3.05) is 6.61 Å². The molecule has 0 amide bonds. The number of hydrogen-bond acceptors (Lipinski definition) is 26. The molecule has 27 heteroatoms. The average Bonchev–Trinajstić information content (AvgIpc) is 3.28. The molecular formula is C41H30O27. The Labute approximate surface area is 374 Å². The van der Waals surface area contributed by atoms with Gasteiger partial charge in [-0.05, 0) is 30.3 Å². The largest absolute Gasteiger partial charge is 0.504 e. The number of fused-ring (bicyclic) bond motifs is 3. The number of carbonyl (C=O) groups excluding carboxylic acids is 6. The number of phenolic OH excluding ortho intramolecular Hbond substituents is 11. The molecule has 13 N–H and O–H groups in total. The molecule has 0 aliphatic carbocycles. The van der Waals surface area contributed by atoms with E-state index in [-0.39, 0.29) is 0 Å². The van der Waals surface area contributed by atoms with Crippen LogP contribution in [0.3, 0.4) is 0 Å². The molecule has 4 bridgehead atoms. The van der Waals surface area contributed by atoms with E-state index in [9.17, 15) is 99.9 Å². The number of aromatic hydroxyl groups is 11. The number of carboxylic acid groups (broad SMARTS) is 1. The second-order valence-corrected chi connectivity index (χ2v) is 15.2. The molecule has 0 aromatic heterocycles. The molecule has 356 valence electrons. The summed E-state index contributed by atoms with van der Waals surface area (Å²) in [6.07, 6.45) is -16.3. The number of cyclic esters (lactones) is 1. The Balaban J connectivity index is 1.39. The van der Waals surface area contributed by atoms with Gasteiger partial charge in [0.2, 0.25) is 29.6 Å². The molecule has 4 heterocycles. The summed E-state index contributed by atoms with van der Waals surface area (Å²) >= 11 is 0. The third-order valence-electron chi connectivity index (χ3n) is 11.2. The van der Waals surface area contributed by atoms with E-state index in [1.807, 2.05) is 0 Å². The van der Waals surface area contributed by atoms with Crippen molar-refractivity contribution in [3.05, 3.63) is 58.1 Å². The molecule has 0 radical (unpaired) electrons. The summed E-state index contributed by atoms with van der Waals surface area (Å²) in [5.74, 6) is -32.0. The zero-order valence-electron chi connectivity index (χ0n) is 33.4. The maximum atomic E-state index is 14.6. The third-order valence-corrected chi connectivity index (χ3v) is 11.2. The van der Waals surface area contributed by atoms with Crippen molar-refractivity contribution in [2.24, 2.45) is 5.92 Å². The normalized spacial score (nSPS) is 24.3. The Morgan fingerprint density at radius 1 is 0.588 bits per heavy atom. The van der Waals surface area contributed by atoms with Gasteiger partial charge in [-0.1, -0.05) is 0 Å². The van der Waals surface area contributed by atoms with E-state index in [1.165, 1.54) is 0 Å².